The summed E-state index contributed by atoms with van der Waals surface area (Å²) in [5.74, 6) is 0. The lowest BCUT2D eigenvalue weighted by atomic mass is 9.90. The van der Waals surface area contributed by atoms with E-state index in [4.69, 9.17) is 14.2 Å². The quantitative estimate of drug-likeness (QED) is 0.292. The number of unbranched alkanes of at least 4 members (excludes halogenated alkanes) is 1. The number of amides is 3. The number of nitrogens with one attached hydrogen (secondary N) is 3. The summed E-state index contributed by atoms with van der Waals surface area (Å²) < 4.78 is 15.7. The molecule has 0 atom stereocenters. The Kier molecular flexibility index (Phi) is 13.2. The summed E-state index contributed by atoms with van der Waals surface area (Å²) in [5, 5.41) is 8.00. The van der Waals surface area contributed by atoms with Gasteiger partial charge in [0.2, 0.25) is 0 Å². The molecule has 194 valence electrons. The van der Waals surface area contributed by atoms with Gasteiger partial charge in [-0.05, 0) is 29.1 Å². The first-order valence-corrected chi connectivity index (χ1v) is 11.7. The number of ether oxygens (including phenoxy) is 3. The maximum atomic E-state index is 12.2. The molecule has 0 aliphatic rings. The maximum Gasteiger partial charge on any atom is 0.407 e. The second-order valence-corrected chi connectivity index (χ2v) is 12.0. The number of hydrogen-bond donors (Lipinski definition) is 3. The average Bonchev–Trinajstić information content (AvgIpc) is 2.64. The normalized spacial score (nSPS) is 12.2. The molecule has 0 spiro atoms. The second-order valence-electron chi connectivity index (χ2n) is 12.0. The van der Waals surface area contributed by atoms with E-state index in [1.807, 2.05) is 41.5 Å². The SMILES string of the molecule is CC(C)(C)CCCCNC(=O)OC(COC(=O)NCC(C)(C)C)COC(=O)NCC(C)(C)C. The van der Waals surface area contributed by atoms with E-state index in [1.54, 1.807) is 0 Å². The predicted molar refractivity (Wildman–Crippen MR) is 129 cm³/mol. The van der Waals surface area contributed by atoms with E-state index in [-0.39, 0.29) is 29.5 Å². The molecule has 0 bridgehead atoms. The third-order valence-corrected chi connectivity index (χ3v) is 4.22. The molecular weight excluding hydrogens is 426 g/mol. The van der Waals surface area contributed by atoms with Gasteiger partial charge in [-0.3, -0.25) is 0 Å². The van der Waals surface area contributed by atoms with Crippen LogP contribution in [0.15, 0.2) is 0 Å². The molecule has 0 rings (SSSR count). The highest BCUT2D eigenvalue weighted by Gasteiger charge is 2.21. The minimum Gasteiger partial charge on any atom is -0.445 e. The lowest BCUT2D eigenvalue weighted by molar-refractivity contribution is 0.00671. The standard InChI is InChI=1S/C24H47N3O6/c1-22(2,3)12-10-11-13-25-21(30)33-18(14-31-19(28)26-16-23(4,5)6)15-32-20(29)27-17-24(7,8)9/h18H,10-17H2,1-9H3,(H,25,30)(H,26,28)(H,27,29). The highest BCUT2D eigenvalue weighted by Crippen LogP contribution is 2.21. The first-order chi connectivity index (χ1) is 15.0. The van der Waals surface area contributed by atoms with Crippen LogP contribution in [-0.2, 0) is 14.2 Å². The molecule has 0 fully saturated rings. The fourth-order valence-corrected chi connectivity index (χ4v) is 2.39. The van der Waals surface area contributed by atoms with Crippen LogP contribution in [0.3, 0.4) is 0 Å². The molecule has 0 unspecified atom stereocenters. The van der Waals surface area contributed by atoms with Crippen LogP contribution in [0.25, 0.3) is 0 Å². The minimum absolute atomic E-state index is 0.101. The van der Waals surface area contributed by atoms with Crippen molar-refractivity contribution in [2.75, 3.05) is 32.8 Å². The van der Waals surface area contributed by atoms with Crippen molar-refractivity contribution in [1.29, 1.82) is 0 Å². The highest BCUT2D eigenvalue weighted by atomic mass is 16.6. The Morgan fingerprint density at radius 1 is 0.636 bits per heavy atom. The van der Waals surface area contributed by atoms with E-state index < -0.39 is 24.4 Å². The molecule has 33 heavy (non-hydrogen) atoms. The van der Waals surface area contributed by atoms with Crippen LogP contribution in [0.1, 0.15) is 81.6 Å². The van der Waals surface area contributed by atoms with Gasteiger partial charge in [-0.1, -0.05) is 68.7 Å². The lowest BCUT2D eigenvalue weighted by Gasteiger charge is -2.22. The van der Waals surface area contributed by atoms with Crippen molar-refractivity contribution in [2.24, 2.45) is 16.2 Å². The van der Waals surface area contributed by atoms with E-state index in [2.05, 4.69) is 36.7 Å². The summed E-state index contributed by atoms with van der Waals surface area (Å²) in [5.41, 5.74) is 0.0491. The van der Waals surface area contributed by atoms with Gasteiger partial charge in [-0.15, -0.1) is 0 Å². The van der Waals surface area contributed by atoms with Gasteiger partial charge in [0.1, 0.15) is 13.2 Å². The van der Waals surface area contributed by atoms with E-state index in [0.717, 1.165) is 19.3 Å². The second kappa shape index (κ2) is 14.2. The van der Waals surface area contributed by atoms with Crippen molar-refractivity contribution in [3.8, 4) is 0 Å². The predicted octanol–water partition coefficient (Wildman–Crippen LogP) is 4.84. The van der Waals surface area contributed by atoms with Crippen molar-refractivity contribution in [3.63, 3.8) is 0 Å². The van der Waals surface area contributed by atoms with Gasteiger partial charge >= 0.3 is 18.3 Å². The molecule has 0 aromatic carbocycles. The van der Waals surface area contributed by atoms with Crippen LogP contribution in [0, 0.1) is 16.2 Å². The molecule has 0 aliphatic heterocycles. The summed E-state index contributed by atoms with van der Waals surface area (Å²) >= 11 is 0. The van der Waals surface area contributed by atoms with Gasteiger partial charge < -0.3 is 30.2 Å². The molecule has 0 heterocycles. The molecule has 0 saturated heterocycles. The monoisotopic (exact) mass is 473 g/mol. The van der Waals surface area contributed by atoms with Crippen molar-refractivity contribution in [1.82, 2.24) is 16.0 Å². The fourth-order valence-electron chi connectivity index (χ4n) is 2.39. The van der Waals surface area contributed by atoms with Gasteiger partial charge in [-0.25, -0.2) is 14.4 Å². The van der Waals surface area contributed by atoms with E-state index in [9.17, 15) is 14.4 Å². The van der Waals surface area contributed by atoms with Crippen molar-refractivity contribution >= 4 is 18.3 Å². The van der Waals surface area contributed by atoms with Crippen LogP contribution >= 0.6 is 0 Å². The Balaban J connectivity index is 4.61. The number of alkyl carbamates (subject to hydrolysis) is 3. The van der Waals surface area contributed by atoms with Gasteiger partial charge in [0, 0.05) is 19.6 Å². The fraction of sp³-hybridized carbons (Fsp3) is 0.875. The molecule has 0 radical (unpaired) electrons. The summed E-state index contributed by atoms with van der Waals surface area (Å²) in [7, 11) is 0. The minimum atomic E-state index is -0.930. The molecule has 3 N–H and O–H groups in total. The van der Waals surface area contributed by atoms with Gasteiger partial charge in [0.25, 0.3) is 0 Å². The third kappa shape index (κ3) is 21.4. The Morgan fingerprint density at radius 2 is 1.09 bits per heavy atom. The van der Waals surface area contributed by atoms with Crippen LogP contribution in [0.5, 0.6) is 0 Å². The van der Waals surface area contributed by atoms with Crippen LogP contribution in [0.2, 0.25) is 0 Å². The van der Waals surface area contributed by atoms with E-state index >= 15 is 0 Å². The van der Waals surface area contributed by atoms with Gasteiger partial charge in [0.05, 0.1) is 0 Å². The zero-order valence-corrected chi connectivity index (χ0v) is 22.2. The van der Waals surface area contributed by atoms with Gasteiger partial charge in [-0.2, -0.15) is 0 Å². The molecule has 0 aliphatic carbocycles. The number of carbonyl (C=O) groups excluding carboxylic acids is 3. The number of rotatable bonds is 11. The van der Waals surface area contributed by atoms with Crippen molar-refractivity contribution < 1.29 is 28.6 Å². The summed E-state index contributed by atoms with van der Waals surface area (Å²) in [6.45, 7) is 19.3. The topological polar surface area (TPSA) is 115 Å². The summed E-state index contributed by atoms with van der Waals surface area (Å²) in [6.07, 6.45) is 0.0436. The molecule has 3 amide bonds. The number of hydrogen-bond acceptors (Lipinski definition) is 6. The zero-order chi connectivity index (χ0) is 25.7. The first kappa shape index (κ1) is 30.8. The maximum absolute atomic E-state index is 12.2. The third-order valence-electron chi connectivity index (χ3n) is 4.22. The Labute approximate surface area is 200 Å². The van der Waals surface area contributed by atoms with Crippen molar-refractivity contribution in [2.45, 2.75) is 87.7 Å². The van der Waals surface area contributed by atoms with E-state index in [0.29, 0.717) is 19.6 Å². The van der Waals surface area contributed by atoms with Crippen molar-refractivity contribution in [3.05, 3.63) is 0 Å². The Hall–Kier alpha value is -2.19. The summed E-state index contributed by atoms with van der Waals surface area (Å²) in [6, 6.07) is 0. The largest absolute Gasteiger partial charge is 0.445 e. The smallest absolute Gasteiger partial charge is 0.407 e. The molecule has 9 heteroatoms. The molecule has 0 aromatic rings. The zero-order valence-electron chi connectivity index (χ0n) is 22.2. The summed E-state index contributed by atoms with van der Waals surface area (Å²) in [4.78, 5) is 36.1. The molecule has 0 aromatic heterocycles. The van der Waals surface area contributed by atoms with Crippen LogP contribution in [0.4, 0.5) is 14.4 Å². The highest BCUT2D eigenvalue weighted by molar-refractivity contribution is 5.69. The number of carbonyl (C=O) groups is 3. The first-order valence-electron chi connectivity index (χ1n) is 11.7. The Bertz CT molecular complexity index is 569. The molecule has 0 saturated carbocycles. The molecule has 9 nitrogen and oxygen atoms in total. The van der Waals surface area contributed by atoms with Crippen LogP contribution < -0.4 is 16.0 Å². The molecular formula is C24H47N3O6. The van der Waals surface area contributed by atoms with E-state index in [1.165, 1.54) is 0 Å². The Morgan fingerprint density at radius 3 is 1.48 bits per heavy atom. The van der Waals surface area contributed by atoms with Gasteiger partial charge in [0.15, 0.2) is 6.10 Å². The lowest BCUT2D eigenvalue weighted by Crippen LogP contribution is -2.40. The van der Waals surface area contributed by atoms with Crippen LogP contribution in [-0.4, -0.2) is 57.2 Å². The average molecular weight is 474 g/mol.